The SMILES string of the molecule is NC(=NO)C(CSc1ccncc1)c1ccccc1. The van der Waals surface area contributed by atoms with Crippen molar-refractivity contribution in [1.29, 1.82) is 0 Å². The van der Waals surface area contributed by atoms with Crippen LogP contribution in [-0.4, -0.2) is 21.8 Å². The maximum atomic E-state index is 8.91. The van der Waals surface area contributed by atoms with Crippen LogP contribution in [0.1, 0.15) is 11.5 Å². The van der Waals surface area contributed by atoms with E-state index in [1.807, 2.05) is 42.5 Å². The van der Waals surface area contributed by atoms with E-state index in [1.54, 1.807) is 24.2 Å². The molecule has 98 valence electrons. The smallest absolute Gasteiger partial charge is 0.147 e. The van der Waals surface area contributed by atoms with Gasteiger partial charge in [-0.2, -0.15) is 0 Å². The summed E-state index contributed by atoms with van der Waals surface area (Å²) in [5.74, 6) is 0.835. The number of benzene rings is 1. The Kier molecular flexibility index (Phi) is 4.80. The molecular weight excluding hydrogens is 258 g/mol. The topological polar surface area (TPSA) is 71.5 Å². The monoisotopic (exact) mass is 273 g/mol. The van der Waals surface area contributed by atoms with Gasteiger partial charge in [0, 0.05) is 23.0 Å². The highest BCUT2D eigenvalue weighted by Gasteiger charge is 2.16. The van der Waals surface area contributed by atoms with Crippen molar-refractivity contribution in [2.75, 3.05) is 5.75 Å². The molecule has 1 unspecified atom stereocenters. The minimum atomic E-state index is -0.107. The van der Waals surface area contributed by atoms with Gasteiger partial charge in [0.15, 0.2) is 0 Å². The summed E-state index contributed by atoms with van der Waals surface area (Å²) in [6.07, 6.45) is 3.51. The lowest BCUT2D eigenvalue weighted by atomic mass is 10.0. The predicted molar refractivity (Wildman–Crippen MR) is 77.6 cm³/mol. The van der Waals surface area contributed by atoms with Crippen LogP contribution in [0.4, 0.5) is 0 Å². The van der Waals surface area contributed by atoms with Gasteiger partial charge in [0.1, 0.15) is 5.84 Å². The zero-order chi connectivity index (χ0) is 13.5. The maximum absolute atomic E-state index is 8.91. The van der Waals surface area contributed by atoms with Crippen molar-refractivity contribution in [3.63, 3.8) is 0 Å². The van der Waals surface area contributed by atoms with Gasteiger partial charge in [0.05, 0.1) is 5.92 Å². The number of amidine groups is 1. The van der Waals surface area contributed by atoms with E-state index in [9.17, 15) is 0 Å². The molecule has 0 fully saturated rings. The van der Waals surface area contributed by atoms with E-state index in [0.29, 0.717) is 5.75 Å². The van der Waals surface area contributed by atoms with E-state index in [4.69, 9.17) is 10.9 Å². The first-order valence-electron chi connectivity index (χ1n) is 5.86. The van der Waals surface area contributed by atoms with E-state index in [1.165, 1.54) is 0 Å². The second-order valence-corrected chi connectivity index (χ2v) is 5.08. The summed E-state index contributed by atoms with van der Waals surface area (Å²) in [5.41, 5.74) is 6.83. The average molecular weight is 273 g/mol. The molecule has 19 heavy (non-hydrogen) atoms. The van der Waals surface area contributed by atoms with Crippen LogP contribution in [0.15, 0.2) is 64.9 Å². The maximum Gasteiger partial charge on any atom is 0.147 e. The van der Waals surface area contributed by atoms with E-state index >= 15 is 0 Å². The molecule has 4 nitrogen and oxygen atoms in total. The van der Waals surface area contributed by atoms with Gasteiger partial charge in [-0.25, -0.2) is 0 Å². The normalized spacial score (nSPS) is 13.2. The number of oxime groups is 1. The Morgan fingerprint density at radius 3 is 2.53 bits per heavy atom. The van der Waals surface area contributed by atoms with E-state index in [0.717, 1.165) is 10.5 Å². The van der Waals surface area contributed by atoms with Gasteiger partial charge in [0.25, 0.3) is 0 Å². The zero-order valence-electron chi connectivity index (χ0n) is 10.3. The first-order chi connectivity index (χ1) is 9.31. The van der Waals surface area contributed by atoms with Gasteiger partial charge in [0.2, 0.25) is 0 Å². The third kappa shape index (κ3) is 3.72. The number of nitrogens with two attached hydrogens (primary N) is 1. The van der Waals surface area contributed by atoms with Crippen LogP contribution in [0.3, 0.4) is 0 Å². The Bertz CT molecular complexity index is 531. The average Bonchev–Trinajstić information content (AvgIpc) is 2.49. The molecule has 0 bridgehead atoms. The number of aromatic nitrogens is 1. The third-order valence-corrected chi connectivity index (χ3v) is 3.85. The van der Waals surface area contributed by atoms with Crippen molar-refractivity contribution in [1.82, 2.24) is 4.98 Å². The quantitative estimate of drug-likeness (QED) is 0.289. The van der Waals surface area contributed by atoms with E-state index in [-0.39, 0.29) is 11.8 Å². The van der Waals surface area contributed by atoms with Crippen molar-refractivity contribution in [3.05, 3.63) is 60.4 Å². The molecule has 1 aromatic carbocycles. The molecule has 1 aromatic heterocycles. The molecular formula is C14H15N3OS. The Hall–Kier alpha value is -2.01. The van der Waals surface area contributed by atoms with Crippen molar-refractivity contribution in [2.45, 2.75) is 10.8 Å². The largest absolute Gasteiger partial charge is 0.409 e. The summed E-state index contributed by atoms with van der Waals surface area (Å²) in [6.45, 7) is 0. The molecule has 3 N–H and O–H groups in total. The molecule has 0 saturated carbocycles. The van der Waals surface area contributed by atoms with E-state index in [2.05, 4.69) is 10.1 Å². The molecule has 0 spiro atoms. The first kappa shape index (κ1) is 13.4. The summed E-state index contributed by atoms with van der Waals surface area (Å²) in [4.78, 5) is 5.09. The molecule has 2 rings (SSSR count). The molecule has 2 aromatic rings. The van der Waals surface area contributed by atoms with Gasteiger partial charge < -0.3 is 10.9 Å². The number of pyridine rings is 1. The molecule has 0 aliphatic carbocycles. The minimum Gasteiger partial charge on any atom is -0.409 e. The number of rotatable bonds is 5. The summed E-state index contributed by atoms with van der Waals surface area (Å²) in [6, 6.07) is 13.7. The van der Waals surface area contributed by atoms with Gasteiger partial charge in [-0.3, -0.25) is 4.98 Å². The summed E-state index contributed by atoms with van der Waals surface area (Å²) < 4.78 is 0. The number of hydrogen-bond acceptors (Lipinski definition) is 4. The molecule has 0 saturated heterocycles. The molecule has 1 atom stereocenters. The Labute approximate surface area is 116 Å². The fraction of sp³-hybridized carbons (Fsp3) is 0.143. The summed E-state index contributed by atoms with van der Waals surface area (Å²) in [7, 11) is 0. The van der Waals surface area contributed by atoms with E-state index < -0.39 is 0 Å². The molecule has 0 aliphatic rings. The fourth-order valence-corrected chi connectivity index (χ4v) is 2.76. The van der Waals surface area contributed by atoms with Crippen LogP contribution in [0.25, 0.3) is 0 Å². The van der Waals surface area contributed by atoms with Crippen LogP contribution in [0, 0.1) is 0 Å². The number of nitrogens with zero attached hydrogens (tertiary/aromatic N) is 2. The zero-order valence-corrected chi connectivity index (χ0v) is 11.1. The van der Waals surface area contributed by atoms with Gasteiger partial charge in [-0.05, 0) is 17.7 Å². The molecule has 0 aliphatic heterocycles. The second-order valence-electron chi connectivity index (χ2n) is 3.98. The van der Waals surface area contributed by atoms with Gasteiger partial charge in [-0.15, -0.1) is 11.8 Å². The first-order valence-corrected chi connectivity index (χ1v) is 6.85. The molecule has 0 radical (unpaired) electrons. The summed E-state index contributed by atoms with van der Waals surface area (Å²) in [5, 5.41) is 12.1. The highest BCUT2D eigenvalue weighted by Crippen LogP contribution is 2.26. The molecule has 1 heterocycles. The van der Waals surface area contributed by atoms with Crippen LogP contribution in [0.5, 0.6) is 0 Å². The molecule has 5 heteroatoms. The Morgan fingerprint density at radius 1 is 1.21 bits per heavy atom. The minimum absolute atomic E-state index is 0.107. The second kappa shape index (κ2) is 6.80. The fourth-order valence-electron chi connectivity index (χ4n) is 1.72. The lowest BCUT2D eigenvalue weighted by Crippen LogP contribution is -2.23. The predicted octanol–water partition coefficient (Wildman–Crippen LogP) is 2.70. The number of thioether (sulfide) groups is 1. The van der Waals surface area contributed by atoms with Crippen molar-refractivity contribution >= 4 is 17.6 Å². The highest BCUT2D eigenvalue weighted by molar-refractivity contribution is 7.99. The van der Waals surface area contributed by atoms with Crippen LogP contribution < -0.4 is 5.73 Å². The van der Waals surface area contributed by atoms with Gasteiger partial charge >= 0.3 is 0 Å². The highest BCUT2D eigenvalue weighted by atomic mass is 32.2. The van der Waals surface area contributed by atoms with Gasteiger partial charge in [-0.1, -0.05) is 35.5 Å². The van der Waals surface area contributed by atoms with Crippen LogP contribution >= 0.6 is 11.8 Å². The standard InChI is InChI=1S/C14H15N3OS/c15-14(17-18)13(11-4-2-1-3-5-11)10-19-12-6-8-16-9-7-12/h1-9,13,18H,10H2,(H2,15,17). The van der Waals surface area contributed by atoms with Crippen molar-refractivity contribution < 1.29 is 5.21 Å². The summed E-state index contributed by atoms with van der Waals surface area (Å²) >= 11 is 1.66. The Morgan fingerprint density at radius 2 is 1.89 bits per heavy atom. The lowest BCUT2D eigenvalue weighted by molar-refractivity contribution is 0.316. The lowest BCUT2D eigenvalue weighted by Gasteiger charge is -2.15. The van der Waals surface area contributed by atoms with Crippen molar-refractivity contribution in [3.8, 4) is 0 Å². The van der Waals surface area contributed by atoms with Crippen molar-refractivity contribution in [2.24, 2.45) is 10.9 Å². The Balaban J connectivity index is 2.12. The third-order valence-electron chi connectivity index (χ3n) is 2.74. The van der Waals surface area contributed by atoms with Crippen LogP contribution in [0.2, 0.25) is 0 Å². The van der Waals surface area contributed by atoms with Crippen LogP contribution in [-0.2, 0) is 0 Å². The molecule has 0 amide bonds. The number of hydrogen-bond donors (Lipinski definition) is 2.